The van der Waals surface area contributed by atoms with E-state index in [0.717, 1.165) is 49.8 Å². The van der Waals surface area contributed by atoms with Crippen LogP contribution in [0.2, 0.25) is 0 Å². The Morgan fingerprint density at radius 3 is 2.40 bits per heavy atom. The SMILES string of the molecule is O=C1C[C@H](c2ccccc2)C(=O)N1CN1CCN(Cc2ccc3c(c2)OCO3)CC1. The van der Waals surface area contributed by atoms with Crippen molar-refractivity contribution in [1.29, 1.82) is 0 Å². The van der Waals surface area contributed by atoms with E-state index in [1.807, 2.05) is 42.5 Å². The first kappa shape index (κ1) is 19.1. The first-order chi connectivity index (χ1) is 14.7. The summed E-state index contributed by atoms with van der Waals surface area (Å²) in [6, 6.07) is 15.7. The zero-order valence-corrected chi connectivity index (χ0v) is 16.8. The van der Waals surface area contributed by atoms with Crippen molar-refractivity contribution in [2.24, 2.45) is 0 Å². The van der Waals surface area contributed by atoms with E-state index in [2.05, 4.69) is 15.9 Å². The number of piperazine rings is 1. The molecule has 0 saturated carbocycles. The Hall–Kier alpha value is -2.90. The standard InChI is InChI=1S/C23H25N3O4/c27-22-13-19(18-4-2-1-3-5-18)23(28)26(22)15-25-10-8-24(9-11-25)14-17-6-7-20-21(12-17)30-16-29-20/h1-7,12,19H,8-11,13-16H2/t19-/m1/s1. The maximum atomic E-state index is 12.8. The molecule has 2 aromatic rings. The van der Waals surface area contributed by atoms with Gasteiger partial charge in [0.1, 0.15) is 0 Å². The number of hydrogen-bond acceptors (Lipinski definition) is 6. The van der Waals surface area contributed by atoms with E-state index < -0.39 is 0 Å². The first-order valence-electron chi connectivity index (χ1n) is 10.4. The van der Waals surface area contributed by atoms with Crippen LogP contribution >= 0.6 is 0 Å². The van der Waals surface area contributed by atoms with Crippen molar-refractivity contribution < 1.29 is 19.1 Å². The number of imide groups is 1. The van der Waals surface area contributed by atoms with Gasteiger partial charge in [-0.05, 0) is 23.3 Å². The maximum Gasteiger partial charge on any atom is 0.238 e. The minimum Gasteiger partial charge on any atom is -0.454 e. The molecule has 0 spiro atoms. The summed E-state index contributed by atoms with van der Waals surface area (Å²) in [6.07, 6.45) is 0.271. The molecule has 7 nitrogen and oxygen atoms in total. The molecule has 156 valence electrons. The zero-order chi connectivity index (χ0) is 20.5. The second kappa shape index (κ2) is 8.08. The van der Waals surface area contributed by atoms with Gasteiger partial charge in [-0.1, -0.05) is 36.4 Å². The van der Waals surface area contributed by atoms with Crippen molar-refractivity contribution in [3.05, 3.63) is 59.7 Å². The summed E-state index contributed by atoms with van der Waals surface area (Å²) < 4.78 is 10.8. The summed E-state index contributed by atoms with van der Waals surface area (Å²) >= 11 is 0. The van der Waals surface area contributed by atoms with Crippen molar-refractivity contribution in [3.63, 3.8) is 0 Å². The predicted molar refractivity (Wildman–Crippen MR) is 110 cm³/mol. The molecule has 0 unspecified atom stereocenters. The number of rotatable bonds is 5. The van der Waals surface area contributed by atoms with Gasteiger partial charge in [-0.2, -0.15) is 0 Å². The highest BCUT2D eigenvalue weighted by molar-refractivity contribution is 6.06. The Kier molecular flexibility index (Phi) is 5.14. The van der Waals surface area contributed by atoms with E-state index >= 15 is 0 Å². The molecule has 0 bridgehead atoms. The van der Waals surface area contributed by atoms with Crippen LogP contribution in [0.4, 0.5) is 0 Å². The quantitative estimate of drug-likeness (QED) is 0.707. The summed E-state index contributed by atoms with van der Waals surface area (Å²) in [6.45, 7) is 4.98. The number of benzene rings is 2. The molecule has 3 heterocycles. The minimum atomic E-state index is -0.342. The molecule has 1 atom stereocenters. The van der Waals surface area contributed by atoms with Gasteiger partial charge in [0, 0.05) is 39.1 Å². The number of amides is 2. The molecule has 3 aliphatic rings. The van der Waals surface area contributed by atoms with Gasteiger partial charge in [-0.15, -0.1) is 0 Å². The van der Waals surface area contributed by atoms with Crippen LogP contribution in [0.25, 0.3) is 0 Å². The fourth-order valence-corrected chi connectivity index (χ4v) is 4.36. The van der Waals surface area contributed by atoms with Gasteiger partial charge in [-0.3, -0.25) is 24.3 Å². The Morgan fingerprint density at radius 1 is 0.867 bits per heavy atom. The lowest BCUT2D eigenvalue weighted by atomic mass is 9.98. The predicted octanol–water partition coefficient (Wildman–Crippen LogP) is 2.03. The average Bonchev–Trinajstić information content (AvgIpc) is 3.35. The molecule has 30 heavy (non-hydrogen) atoms. The molecule has 0 aromatic heterocycles. The molecule has 0 aliphatic carbocycles. The van der Waals surface area contributed by atoms with E-state index in [4.69, 9.17) is 9.47 Å². The van der Waals surface area contributed by atoms with Gasteiger partial charge in [0.05, 0.1) is 12.6 Å². The van der Waals surface area contributed by atoms with E-state index in [-0.39, 0.29) is 30.9 Å². The third-order valence-corrected chi connectivity index (χ3v) is 6.10. The van der Waals surface area contributed by atoms with Crippen molar-refractivity contribution in [2.75, 3.05) is 39.6 Å². The lowest BCUT2D eigenvalue weighted by molar-refractivity contribution is -0.141. The van der Waals surface area contributed by atoms with Crippen LogP contribution in [0.15, 0.2) is 48.5 Å². The lowest BCUT2D eigenvalue weighted by Crippen LogP contribution is -2.50. The van der Waals surface area contributed by atoms with Gasteiger partial charge < -0.3 is 9.47 Å². The molecule has 0 N–H and O–H groups in total. The Bertz CT molecular complexity index is 941. The van der Waals surface area contributed by atoms with Gasteiger partial charge in [0.2, 0.25) is 18.6 Å². The van der Waals surface area contributed by atoms with Crippen LogP contribution < -0.4 is 9.47 Å². The van der Waals surface area contributed by atoms with Crippen LogP contribution in [0, 0.1) is 0 Å². The van der Waals surface area contributed by atoms with Gasteiger partial charge in [0.15, 0.2) is 11.5 Å². The molecule has 2 amide bonds. The Balaban J connectivity index is 1.15. The third-order valence-electron chi connectivity index (χ3n) is 6.10. The van der Waals surface area contributed by atoms with Crippen LogP contribution in [0.3, 0.4) is 0 Å². The molecule has 2 fully saturated rings. The average molecular weight is 407 g/mol. The minimum absolute atomic E-state index is 0.0726. The van der Waals surface area contributed by atoms with Crippen LogP contribution in [-0.4, -0.2) is 66.2 Å². The largest absolute Gasteiger partial charge is 0.454 e. The van der Waals surface area contributed by atoms with Crippen molar-refractivity contribution in [3.8, 4) is 11.5 Å². The number of nitrogens with zero attached hydrogens (tertiary/aromatic N) is 3. The van der Waals surface area contributed by atoms with E-state index in [9.17, 15) is 9.59 Å². The molecule has 7 heteroatoms. The molecule has 5 rings (SSSR count). The smallest absolute Gasteiger partial charge is 0.238 e. The number of likely N-dealkylation sites (tertiary alicyclic amines) is 1. The molecule has 3 aliphatic heterocycles. The van der Waals surface area contributed by atoms with Crippen LogP contribution in [0.5, 0.6) is 11.5 Å². The highest BCUT2D eigenvalue weighted by Gasteiger charge is 2.40. The van der Waals surface area contributed by atoms with E-state index in [0.29, 0.717) is 6.67 Å². The zero-order valence-electron chi connectivity index (χ0n) is 16.8. The highest BCUT2D eigenvalue weighted by Crippen LogP contribution is 2.33. The number of fused-ring (bicyclic) bond motifs is 1. The van der Waals surface area contributed by atoms with Gasteiger partial charge >= 0.3 is 0 Å². The number of carbonyl (C=O) groups is 2. The van der Waals surface area contributed by atoms with Crippen LogP contribution in [-0.2, 0) is 16.1 Å². The van der Waals surface area contributed by atoms with Crippen molar-refractivity contribution >= 4 is 11.8 Å². The normalized spacial score (nSPS) is 22.1. The summed E-state index contributed by atoms with van der Waals surface area (Å²) in [5.41, 5.74) is 2.12. The molecular weight excluding hydrogens is 382 g/mol. The summed E-state index contributed by atoms with van der Waals surface area (Å²) in [7, 11) is 0. The molecule has 2 saturated heterocycles. The number of ether oxygens (including phenoxy) is 2. The van der Waals surface area contributed by atoms with Crippen LogP contribution in [0.1, 0.15) is 23.5 Å². The monoisotopic (exact) mass is 407 g/mol. The summed E-state index contributed by atoms with van der Waals surface area (Å²) in [4.78, 5) is 31.3. The fraction of sp³-hybridized carbons (Fsp3) is 0.391. The second-order valence-electron chi connectivity index (χ2n) is 8.05. The highest BCUT2D eigenvalue weighted by atomic mass is 16.7. The van der Waals surface area contributed by atoms with Crippen molar-refractivity contribution in [2.45, 2.75) is 18.9 Å². The lowest BCUT2D eigenvalue weighted by Gasteiger charge is -2.36. The van der Waals surface area contributed by atoms with Gasteiger partial charge in [-0.25, -0.2) is 0 Å². The summed E-state index contributed by atoms with van der Waals surface area (Å²) in [5, 5.41) is 0. The topological polar surface area (TPSA) is 62.3 Å². The molecule has 0 radical (unpaired) electrons. The maximum absolute atomic E-state index is 12.8. The second-order valence-corrected chi connectivity index (χ2v) is 8.05. The Labute approximate surface area is 175 Å². The summed E-state index contributed by atoms with van der Waals surface area (Å²) in [5.74, 6) is 1.12. The third kappa shape index (κ3) is 3.78. The van der Waals surface area contributed by atoms with Crippen molar-refractivity contribution in [1.82, 2.24) is 14.7 Å². The molecule has 2 aromatic carbocycles. The van der Waals surface area contributed by atoms with Gasteiger partial charge in [0.25, 0.3) is 0 Å². The molecular formula is C23H25N3O4. The van der Waals surface area contributed by atoms with E-state index in [1.54, 1.807) is 0 Å². The first-order valence-corrected chi connectivity index (χ1v) is 10.4. The number of carbonyl (C=O) groups excluding carboxylic acids is 2. The fourth-order valence-electron chi connectivity index (χ4n) is 4.36. The number of hydrogen-bond donors (Lipinski definition) is 0. The Morgan fingerprint density at radius 2 is 1.60 bits per heavy atom. The van der Waals surface area contributed by atoms with E-state index in [1.165, 1.54) is 10.5 Å².